The molecule has 0 fully saturated rings. The molecule has 1 aromatic rings. The maximum atomic E-state index is 9.06. The number of hydrogen-bond acceptors (Lipinski definition) is 3. The third-order valence-corrected chi connectivity index (χ3v) is 3.77. The molecule has 0 aliphatic carbocycles. The number of nitrogens with zero attached hydrogens (tertiary/aromatic N) is 2. The molecular formula is C16H31N3O. The zero-order valence-electron chi connectivity index (χ0n) is 14.2. The average Bonchev–Trinajstić information content (AvgIpc) is 2.55. The van der Waals surface area contributed by atoms with Crippen LogP contribution in [0.1, 0.15) is 58.0 Å². The van der Waals surface area contributed by atoms with Crippen molar-refractivity contribution in [2.45, 2.75) is 67.0 Å². The zero-order chi connectivity index (χ0) is 15.6. The van der Waals surface area contributed by atoms with Crippen molar-refractivity contribution in [1.29, 1.82) is 0 Å². The molecule has 0 unspecified atom stereocenters. The second-order valence-corrected chi connectivity index (χ2v) is 7.47. The van der Waals surface area contributed by atoms with E-state index in [1.54, 1.807) is 0 Å². The van der Waals surface area contributed by atoms with Crippen molar-refractivity contribution < 1.29 is 5.11 Å². The summed E-state index contributed by atoms with van der Waals surface area (Å²) in [4.78, 5) is 0. The van der Waals surface area contributed by atoms with E-state index in [2.05, 4.69) is 63.6 Å². The van der Waals surface area contributed by atoms with Crippen molar-refractivity contribution in [3.05, 3.63) is 17.0 Å². The summed E-state index contributed by atoms with van der Waals surface area (Å²) >= 11 is 0. The summed E-state index contributed by atoms with van der Waals surface area (Å²) in [7, 11) is 0. The molecule has 1 rings (SSSR count). The molecule has 4 heteroatoms. The first kappa shape index (κ1) is 17.2. The topological polar surface area (TPSA) is 50.1 Å². The van der Waals surface area contributed by atoms with Crippen LogP contribution in [0.4, 0.5) is 0 Å². The molecule has 0 aliphatic rings. The number of hydrogen-bond donors (Lipinski definition) is 2. The number of rotatable bonds is 6. The molecule has 0 saturated carbocycles. The minimum absolute atomic E-state index is 0.0171. The Morgan fingerprint density at radius 1 is 1.15 bits per heavy atom. The molecular weight excluding hydrogens is 250 g/mol. The number of nitrogens with one attached hydrogen (secondary N) is 1. The monoisotopic (exact) mass is 281 g/mol. The SMILES string of the molecule is Cc1nn(C(C)(C)C)c(C)c1CNCC(C)(C)CCO. The fourth-order valence-corrected chi connectivity index (χ4v) is 2.50. The molecule has 116 valence electrons. The van der Waals surface area contributed by atoms with Gasteiger partial charge in [-0.2, -0.15) is 5.10 Å². The van der Waals surface area contributed by atoms with Crippen molar-refractivity contribution in [2.24, 2.45) is 5.41 Å². The number of aliphatic hydroxyl groups is 1. The van der Waals surface area contributed by atoms with Gasteiger partial charge in [0.1, 0.15) is 0 Å². The van der Waals surface area contributed by atoms with Gasteiger partial charge in [-0.05, 0) is 46.5 Å². The first-order valence-electron chi connectivity index (χ1n) is 7.45. The fraction of sp³-hybridized carbons (Fsp3) is 0.812. The smallest absolute Gasteiger partial charge is 0.0641 e. The largest absolute Gasteiger partial charge is 0.396 e. The third-order valence-electron chi connectivity index (χ3n) is 3.77. The maximum Gasteiger partial charge on any atom is 0.0641 e. The molecule has 0 aliphatic heterocycles. The Hall–Kier alpha value is -0.870. The van der Waals surface area contributed by atoms with Crippen LogP contribution >= 0.6 is 0 Å². The Morgan fingerprint density at radius 2 is 1.75 bits per heavy atom. The standard InChI is InChI=1S/C16H31N3O/c1-12-14(10-17-11-16(6,7)8-9-20)13(2)19(18-12)15(3,4)5/h17,20H,8-11H2,1-7H3. The van der Waals surface area contributed by atoms with Crippen LogP contribution in [0.15, 0.2) is 0 Å². The average molecular weight is 281 g/mol. The Kier molecular flexibility index (Phi) is 5.39. The molecule has 1 heterocycles. The van der Waals surface area contributed by atoms with Gasteiger partial charge in [0.15, 0.2) is 0 Å². The summed E-state index contributed by atoms with van der Waals surface area (Å²) in [5.74, 6) is 0. The zero-order valence-corrected chi connectivity index (χ0v) is 14.2. The quantitative estimate of drug-likeness (QED) is 0.843. The van der Waals surface area contributed by atoms with E-state index in [1.807, 2.05) is 0 Å². The third kappa shape index (κ3) is 4.32. The van der Waals surface area contributed by atoms with Crippen molar-refractivity contribution in [3.8, 4) is 0 Å². The Bertz CT molecular complexity index is 441. The summed E-state index contributed by atoms with van der Waals surface area (Å²) in [6, 6.07) is 0. The van der Waals surface area contributed by atoms with Crippen LogP contribution in [0.25, 0.3) is 0 Å². The van der Waals surface area contributed by atoms with Gasteiger partial charge in [-0.1, -0.05) is 13.8 Å². The fourth-order valence-electron chi connectivity index (χ4n) is 2.50. The Balaban J connectivity index is 2.73. The minimum Gasteiger partial charge on any atom is -0.396 e. The molecule has 0 radical (unpaired) electrons. The van der Waals surface area contributed by atoms with Gasteiger partial charge in [-0.25, -0.2) is 0 Å². The second kappa shape index (κ2) is 6.27. The molecule has 0 spiro atoms. The predicted molar refractivity (Wildman–Crippen MR) is 83.9 cm³/mol. The molecule has 0 bridgehead atoms. The maximum absolute atomic E-state index is 9.06. The Morgan fingerprint density at radius 3 is 2.20 bits per heavy atom. The van der Waals surface area contributed by atoms with Crippen LogP contribution in [0.3, 0.4) is 0 Å². The molecule has 1 aromatic heterocycles. The van der Waals surface area contributed by atoms with Crippen molar-refractivity contribution in [2.75, 3.05) is 13.2 Å². The summed E-state index contributed by atoms with van der Waals surface area (Å²) in [6.07, 6.45) is 0.819. The molecule has 0 atom stereocenters. The van der Waals surface area contributed by atoms with Gasteiger partial charge in [0.2, 0.25) is 0 Å². The van der Waals surface area contributed by atoms with Crippen LogP contribution in [-0.2, 0) is 12.1 Å². The van der Waals surface area contributed by atoms with Crippen LogP contribution < -0.4 is 5.32 Å². The summed E-state index contributed by atoms with van der Waals surface area (Å²) in [6.45, 7) is 17.1. The number of aromatic nitrogens is 2. The highest BCUT2D eigenvalue weighted by Gasteiger charge is 2.21. The highest BCUT2D eigenvalue weighted by Crippen LogP contribution is 2.22. The lowest BCUT2D eigenvalue weighted by Crippen LogP contribution is -2.30. The molecule has 0 saturated heterocycles. The van der Waals surface area contributed by atoms with E-state index in [0.717, 1.165) is 25.2 Å². The molecule has 0 aromatic carbocycles. The van der Waals surface area contributed by atoms with Crippen molar-refractivity contribution in [3.63, 3.8) is 0 Å². The molecule has 20 heavy (non-hydrogen) atoms. The summed E-state index contributed by atoms with van der Waals surface area (Å²) in [5, 5.41) is 17.2. The van der Waals surface area contributed by atoms with E-state index in [4.69, 9.17) is 5.11 Å². The van der Waals surface area contributed by atoms with Crippen molar-refractivity contribution in [1.82, 2.24) is 15.1 Å². The normalized spacial score (nSPS) is 13.0. The highest BCUT2D eigenvalue weighted by molar-refractivity contribution is 5.25. The highest BCUT2D eigenvalue weighted by atomic mass is 16.3. The summed E-state index contributed by atoms with van der Waals surface area (Å²) in [5.41, 5.74) is 3.77. The van der Waals surface area contributed by atoms with Gasteiger partial charge in [-0.3, -0.25) is 4.68 Å². The van der Waals surface area contributed by atoms with Crippen LogP contribution in [0.5, 0.6) is 0 Å². The first-order chi connectivity index (χ1) is 9.08. The van der Waals surface area contributed by atoms with Gasteiger partial charge >= 0.3 is 0 Å². The van der Waals surface area contributed by atoms with E-state index in [0.29, 0.717) is 0 Å². The van der Waals surface area contributed by atoms with Gasteiger partial charge in [0.05, 0.1) is 11.2 Å². The lowest BCUT2D eigenvalue weighted by molar-refractivity contribution is 0.207. The van der Waals surface area contributed by atoms with Crippen LogP contribution in [-0.4, -0.2) is 28.0 Å². The minimum atomic E-state index is 0.0171. The van der Waals surface area contributed by atoms with E-state index < -0.39 is 0 Å². The van der Waals surface area contributed by atoms with E-state index in [1.165, 1.54) is 11.3 Å². The molecule has 0 amide bonds. The van der Waals surface area contributed by atoms with Gasteiger partial charge in [-0.15, -0.1) is 0 Å². The summed E-state index contributed by atoms with van der Waals surface area (Å²) < 4.78 is 2.11. The molecule has 4 nitrogen and oxygen atoms in total. The lowest BCUT2D eigenvalue weighted by Gasteiger charge is -2.24. The Labute approximate surface area is 123 Å². The van der Waals surface area contributed by atoms with Crippen molar-refractivity contribution >= 4 is 0 Å². The van der Waals surface area contributed by atoms with E-state index >= 15 is 0 Å². The number of aliphatic hydroxyl groups excluding tert-OH is 1. The van der Waals surface area contributed by atoms with E-state index in [9.17, 15) is 0 Å². The van der Waals surface area contributed by atoms with Gasteiger partial charge < -0.3 is 10.4 Å². The lowest BCUT2D eigenvalue weighted by atomic mass is 9.89. The molecule has 2 N–H and O–H groups in total. The van der Waals surface area contributed by atoms with E-state index in [-0.39, 0.29) is 17.6 Å². The van der Waals surface area contributed by atoms with Gasteiger partial charge in [0, 0.05) is 31.0 Å². The first-order valence-corrected chi connectivity index (χ1v) is 7.45. The van der Waals surface area contributed by atoms with Crippen LogP contribution in [0, 0.1) is 19.3 Å². The van der Waals surface area contributed by atoms with Crippen LogP contribution in [0.2, 0.25) is 0 Å². The second-order valence-electron chi connectivity index (χ2n) is 7.47. The number of aryl methyl sites for hydroxylation is 1. The van der Waals surface area contributed by atoms with Gasteiger partial charge in [0.25, 0.3) is 0 Å². The predicted octanol–water partition coefficient (Wildman–Crippen LogP) is 2.75.